The molecule has 0 fully saturated rings. The molecule has 2 heterocycles. The zero-order valence-electron chi connectivity index (χ0n) is 11.2. The quantitative estimate of drug-likeness (QED) is 0.730. The summed E-state index contributed by atoms with van der Waals surface area (Å²) in [5, 5.41) is 0. The Bertz CT molecular complexity index is 512. The fourth-order valence-corrected chi connectivity index (χ4v) is 1.95. The fourth-order valence-electron chi connectivity index (χ4n) is 1.95. The topological polar surface area (TPSA) is 75.2 Å². The highest BCUT2D eigenvalue weighted by Crippen LogP contribution is 2.16. The molecule has 0 aliphatic heterocycles. The second kappa shape index (κ2) is 7.06. The molecule has 0 amide bonds. The Morgan fingerprint density at radius 3 is 3.00 bits per heavy atom. The molecule has 0 bridgehead atoms. The molecule has 0 saturated heterocycles. The number of hydrogen-bond acceptors (Lipinski definition) is 5. The third kappa shape index (κ3) is 3.65. The maximum Gasteiger partial charge on any atom is 0.201 e. The van der Waals surface area contributed by atoms with E-state index in [1.54, 1.807) is 19.5 Å². The molecule has 0 radical (unpaired) electrons. The Morgan fingerprint density at radius 1 is 1.26 bits per heavy atom. The number of rotatable bonds is 8. The van der Waals surface area contributed by atoms with Crippen molar-refractivity contribution in [2.24, 2.45) is 0 Å². The van der Waals surface area contributed by atoms with Gasteiger partial charge in [-0.25, -0.2) is 4.98 Å². The largest absolute Gasteiger partial charge is 0.382 e. The molecule has 0 aliphatic carbocycles. The van der Waals surface area contributed by atoms with Gasteiger partial charge in [-0.1, -0.05) is 0 Å². The average molecular weight is 264 g/mol. The second-order valence-corrected chi connectivity index (χ2v) is 4.30. The lowest BCUT2D eigenvalue weighted by Crippen LogP contribution is -2.06. The lowest BCUT2D eigenvalue weighted by atomic mass is 10.3. The molecule has 0 spiro atoms. The van der Waals surface area contributed by atoms with Gasteiger partial charge in [-0.2, -0.15) is 0 Å². The Labute approximate surface area is 112 Å². The van der Waals surface area contributed by atoms with E-state index in [0.717, 1.165) is 37.0 Å². The van der Waals surface area contributed by atoms with Gasteiger partial charge in [0.1, 0.15) is 5.52 Å². The zero-order chi connectivity index (χ0) is 13.5. The van der Waals surface area contributed by atoms with Crippen molar-refractivity contribution in [2.75, 3.05) is 32.7 Å². The van der Waals surface area contributed by atoms with Crippen molar-refractivity contribution in [1.82, 2.24) is 14.5 Å². The minimum absolute atomic E-state index is 0.545. The zero-order valence-corrected chi connectivity index (χ0v) is 11.2. The van der Waals surface area contributed by atoms with Gasteiger partial charge in [0.2, 0.25) is 5.95 Å². The van der Waals surface area contributed by atoms with E-state index in [2.05, 4.69) is 9.97 Å². The van der Waals surface area contributed by atoms with E-state index < -0.39 is 0 Å². The van der Waals surface area contributed by atoms with Crippen molar-refractivity contribution in [1.29, 1.82) is 0 Å². The number of pyridine rings is 1. The summed E-state index contributed by atoms with van der Waals surface area (Å²) in [6.07, 6.45) is 5.49. The summed E-state index contributed by atoms with van der Waals surface area (Å²) in [7, 11) is 1.67. The van der Waals surface area contributed by atoms with Gasteiger partial charge in [-0.3, -0.25) is 4.98 Å². The number of ether oxygens (including phenoxy) is 2. The van der Waals surface area contributed by atoms with E-state index in [0.29, 0.717) is 19.2 Å². The van der Waals surface area contributed by atoms with Crippen LogP contribution in [0.5, 0.6) is 0 Å². The summed E-state index contributed by atoms with van der Waals surface area (Å²) in [4.78, 5) is 8.33. The maximum atomic E-state index is 5.91. The predicted octanol–water partition coefficient (Wildman–Crippen LogP) is 1.46. The van der Waals surface area contributed by atoms with E-state index in [-0.39, 0.29) is 0 Å². The molecule has 2 rings (SSSR count). The lowest BCUT2D eigenvalue weighted by molar-refractivity contribution is 0.0684. The number of anilines is 1. The van der Waals surface area contributed by atoms with Crippen LogP contribution in [-0.4, -0.2) is 41.5 Å². The van der Waals surface area contributed by atoms with E-state index in [1.165, 1.54) is 0 Å². The third-order valence-corrected chi connectivity index (χ3v) is 2.93. The maximum absolute atomic E-state index is 5.91. The van der Waals surface area contributed by atoms with E-state index in [1.807, 2.05) is 10.6 Å². The summed E-state index contributed by atoms with van der Waals surface area (Å²) in [6.45, 7) is 2.89. The summed E-state index contributed by atoms with van der Waals surface area (Å²) in [5.41, 5.74) is 7.79. The molecule has 0 aromatic carbocycles. The first-order valence-corrected chi connectivity index (χ1v) is 6.45. The molecule has 0 saturated carbocycles. The summed E-state index contributed by atoms with van der Waals surface area (Å²) in [6, 6.07) is 1.94. The van der Waals surface area contributed by atoms with E-state index in [4.69, 9.17) is 15.2 Å². The van der Waals surface area contributed by atoms with E-state index in [9.17, 15) is 0 Å². The van der Waals surface area contributed by atoms with Gasteiger partial charge < -0.3 is 19.8 Å². The number of nitrogens with zero attached hydrogens (tertiary/aromatic N) is 3. The standard InChI is InChI=1S/C13H20N4O2/c1-18-8-9-19-7-3-2-6-17-12-4-5-15-10-11(12)16-13(17)14/h4-5,10H,2-3,6-9H2,1H3,(H2,14,16). The molecule has 19 heavy (non-hydrogen) atoms. The van der Waals surface area contributed by atoms with Gasteiger partial charge in [0.15, 0.2) is 0 Å². The Balaban J connectivity index is 1.80. The number of imidazole rings is 1. The van der Waals surface area contributed by atoms with Gasteiger partial charge in [-0.15, -0.1) is 0 Å². The molecular weight excluding hydrogens is 244 g/mol. The molecule has 0 unspecified atom stereocenters. The minimum Gasteiger partial charge on any atom is -0.382 e. The molecule has 2 aromatic heterocycles. The fraction of sp³-hybridized carbons (Fsp3) is 0.538. The number of nitrogens with two attached hydrogens (primary N) is 1. The highest BCUT2D eigenvalue weighted by atomic mass is 16.5. The number of fused-ring (bicyclic) bond motifs is 1. The molecule has 0 atom stereocenters. The smallest absolute Gasteiger partial charge is 0.201 e. The van der Waals surface area contributed by atoms with Crippen LogP contribution in [0.3, 0.4) is 0 Å². The van der Waals surface area contributed by atoms with Gasteiger partial charge in [0.25, 0.3) is 0 Å². The Hall–Kier alpha value is -1.66. The van der Waals surface area contributed by atoms with E-state index >= 15 is 0 Å². The molecule has 0 aliphatic rings. The first-order valence-electron chi connectivity index (χ1n) is 6.45. The van der Waals surface area contributed by atoms with Crippen LogP contribution in [0.4, 0.5) is 5.95 Å². The number of hydrogen-bond donors (Lipinski definition) is 1. The van der Waals surface area contributed by atoms with Crippen molar-refractivity contribution in [3.8, 4) is 0 Å². The minimum atomic E-state index is 0.545. The SMILES string of the molecule is COCCOCCCCn1c(N)nc2cnccc21. The number of aromatic nitrogens is 3. The average Bonchev–Trinajstić information content (AvgIpc) is 2.74. The van der Waals surface area contributed by atoms with Gasteiger partial charge >= 0.3 is 0 Å². The van der Waals surface area contributed by atoms with Crippen LogP contribution in [0, 0.1) is 0 Å². The molecule has 6 heteroatoms. The molecule has 2 N–H and O–H groups in total. The van der Waals surface area contributed by atoms with Crippen LogP contribution in [0.2, 0.25) is 0 Å². The van der Waals surface area contributed by atoms with Crippen molar-refractivity contribution in [2.45, 2.75) is 19.4 Å². The first-order chi connectivity index (χ1) is 9.33. The number of unbranched alkanes of at least 4 members (excludes halogenated alkanes) is 1. The van der Waals surface area contributed by atoms with Gasteiger partial charge in [0.05, 0.1) is 24.9 Å². The van der Waals surface area contributed by atoms with Crippen LogP contribution in [-0.2, 0) is 16.0 Å². The summed E-state index contributed by atoms with van der Waals surface area (Å²) in [5.74, 6) is 0.545. The van der Waals surface area contributed by atoms with Crippen LogP contribution in [0.1, 0.15) is 12.8 Å². The Kier molecular flexibility index (Phi) is 5.11. The molecule has 104 valence electrons. The van der Waals surface area contributed by atoms with Gasteiger partial charge in [-0.05, 0) is 18.9 Å². The van der Waals surface area contributed by atoms with Crippen molar-refractivity contribution >= 4 is 17.0 Å². The Morgan fingerprint density at radius 2 is 2.16 bits per heavy atom. The molecular formula is C13H20N4O2. The van der Waals surface area contributed by atoms with Crippen molar-refractivity contribution < 1.29 is 9.47 Å². The number of nitrogen functional groups attached to an aromatic ring is 1. The van der Waals surface area contributed by atoms with Crippen LogP contribution in [0.15, 0.2) is 18.5 Å². The molecule has 6 nitrogen and oxygen atoms in total. The third-order valence-electron chi connectivity index (χ3n) is 2.93. The number of aryl methyl sites for hydroxylation is 1. The predicted molar refractivity (Wildman–Crippen MR) is 73.9 cm³/mol. The first kappa shape index (κ1) is 13.8. The second-order valence-electron chi connectivity index (χ2n) is 4.30. The highest BCUT2D eigenvalue weighted by molar-refractivity contribution is 5.76. The highest BCUT2D eigenvalue weighted by Gasteiger charge is 2.06. The number of methoxy groups -OCH3 is 1. The monoisotopic (exact) mass is 264 g/mol. The van der Waals surface area contributed by atoms with Crippen LogP contribution in [0.25, 0.3) is 11.0 Å². The van der Waals surface area contributed by atoms with Crippen LogP contribution < -0.4 is 5.73 Å². The van der Waals surface area contributed by atoms with Crippen molar-refractivity contribution in [3.63, 3.8) is 0 Å². The van der Waals surface area contributed by atoms with Crippen molar-refractivity contribution in [3.05, 3.63) is 18.5 Å². The summed E-state index contributed by atoms with van der Waals surface area (Å²) < 4.78 is 12.4. The van der Waals surface area contributed by atoms with Crippen LogP contribution >= 0.6 is 0 Å². The van der Waals surface area contributed by atoms with Gasteiger partial charge in [0, 0.05) is 26.5 Å². The lowest BCUT2D eigenvalue weighted by Gasteiger charge is -2.07. The molecule has 2 aromatic rings. The normalized spacial score (nSPS) is 11.2. The summed E-state index contributed by atoms with van der Waals surface area (Å²) >= 11 is 0.